The second kappa shape index (κ2) is 8.70. The average molecular weight is 330 g/mol. The van der Waals surface area contributed by atoms with Crippen LogP contribution in [0.2, 0.25) is 0 Å². The zero-order valence-electron chi connectivity index (χ0n) is 12.5. The van der Waals surface area contributed by atoms with E-state index in [0.717, 1.165) is 19.5 Å². The van der Waals surface area contributed by atoms with Gasteiger partial charge in [0.1, 0.15) is 5.82 Å². The summed E-state index contributed by atoms with van der Waals surface area (Å²) in [6.07, 6.45) is 0.999. The molecule has 2 amide bonds. The molecule has 1 unspecified atom stereocenters. The van der Waals surface area contributed by atoms with Crippen LogP contribution >= 0.6 is 12.4 Å². The molecular formula is C15H21ClFN3O2. The summed E-state index contributed by atoms with van der Waals surface area (Å²) in [5.74, 6) is -0.770. The van der Waals surface area contributed by atoms with E-state index in [1.165, 1.54) is 12.1 Å². The first-order valence-corrected chi connectivity index (χ1v) is 7.04. The van der Waals surface area contributed by atoms with Gasteiger partial charge in [0.05, 0.1) is 13.0 Å². The highest BCUT2D eigenvalue weighted by Crippen LogP contribution is 2.06. The highest BCUT2D eigenvalue weighted by Gasteiger charge is 2.23. The molecule has 1 aliphatic rings. The summed E-state index contributed by atoms with van der Waals surface area (Å²) in [6, 6.07) is 6.08. The number of nitrogens with one attached hydrogen (secondary N) is 2. The zero-order chi connectivity index (χ0) is 15.2. The van der Waals surface area contributed by atoms with Gasteiger partial charge in [-0.05, 0) is 30.7 Å². The smallest absolute Gasteiger partial charge is 0.242 e. The summed E-state index contributed by atoms with van der Waals surface area (Å²) in [6.45, 7) is 1.68. The molecule has 1 saturated heterocycles. The fourth-order valence-electron chi connectivity index (χ4n) is 2.37. The van der Waals surface area contributed by atoms with Crippen molar-refractivity contribution in [1.82, 2.24) is 15.5 Å². The van der Waals surface area contributed by atoms with Gasteiger partial charge < -0.3 is 15.5 Å². The first-order valence-electron chi connectivity index (χ1n) is 7.04. The maximum Gasteiger partial charge on any atom is 0.242 e. The minimum Gasteiger partial charge on any atom is -0.347 e. The summed E-state index contributed by atoms with van der Waals surface area (Å²) in [5.41, 5.74) is 0.591. The zero-order valence-corrected chi connectivity index (χ0v) is 13.3. The molecule has 1 aliphatic heterocycles. The van der Waals surface area contributed by atoms with E-state index in [0.29, 0.717) is 5.56 Å². The minimum atomic E-state index is -0.371. The van der Waals surface area contributed by atoms with Crippen LogP contribution in [0.5, 0.6) is 0 Å². The highest BCUT2D eigenvalue weighted by atomic mass is 35.5. The van der Waals surface area contributed by atoms with E-state index >= 15 is 0 Å². The molecule has 2 N–H and O–H groups in total. The van der Waals surface area contributed by atoms with Crippen molar-refractivity contribution in [1.29, 1.82) is 0 Å². The van der Waals surface area contributed by atoms with Gasteiger partial charge in [-0.15, -0.1) is 12.4 Å². The predicted molar refractivity (Wildman–Crippen MR) is 84.4 cm³/mol. The predicted octanol–water partition coefficient (Wildman–Crippen LogP) is 0.726. The molecule has 1 fully saturated rings. The van der Waals surface area contributed by atoms with Crippen LogP contribution in [0, 0.1) is 5.82 Å². The van der Waals surface area contributed by atoms with Crippen molar-refractivity contribution >= 4 is 24.2 Å². The molecule has 0 bridgehead atoms. The Morgan fingerprint density at radius 1 is 1.45 bits per heavy atom. The number of benzene rings is 1. The second-order valence-corrected chi connectivity index (χ2v) is 5.23. The van der Waals surface area contributed by atoms with Gasteiger partial charge >= 0.3 is 0 Å². The molecule has 22 heavy (non-hydrogen) atoms. The van der Waals surface area contributed by atoms with Gasteiger partial charge in [-0.25, -0.2) is 4.39 Å². The second-order valence-electron chi connectivity index (χ2n) is 5.23. The van der Waals surface area contributed by atoms with E-state index < -0.39 is 0 Å². The van der Waals surface area contributed by atoms with Crippen molar-refractivity contribution in [2.24, 2.45) is 0 Å². The fraction of sp³-hybridized carbons (Fsp3) is 0.467. The Kier molecular flexibility index (Phi) is 7.27. The number of nitrogens with zero attached hydrogens (tertiary/aromatic N) is 1. The molecule has 122 valence electrons. The van der Waals surface area contributed by atoms with Crippen molar-refractivity contribution in [3.63, 3.8) is 0 Å². The van der Waals surface area contributed by atoms with Crippen molar-refractivity contribution in [2.75, 3.05) is 26.7 Å². The lowest BCUT2D eigenvalue weighted by atomic mass is 10.1. The average Bonchev–Trinajstić information content (AvgIpc) is 2.98. The normalized spacial score (nSPS) is 16.7. The van der Waals surface area contributed by atoms with E-state index in [1.54, 1.807) is 24.1 Å². The molecule has 1 atom stereocenters. The maximum atomic E-state index is 13.0. The molecular weight excluding hydrogens is 309 g/mol. The van der Waals surface area contributed by atoms with Gasteiger partial charge in [0, 0.05) is 19.6 Å². The third-order valence-electron chi connectivity index (χ3n) is 3.67. The Morgan fingerprint density at radius 2 is 2.23 bits per heavy atom. The molecule has 2 rings (SSSR count). The first-order chi connectivity index (χ1) is 10.1. The van der Waals surface area contributed by atoms with Crippen LogP contribution in [0.15, 0.2) is 24.3 Å². The number of hydrogen-bond donors (Lipinski definition) is 2. The Balaban J connectivity index is 0.00000242. The van der Waals surface area contributed by atoms with E-state index in [4.69, 9.17) is 0 Å². The highest BCUT2D eigenvalue weighted by molar-refractivity contribution is 5.86. The third kappa shape index (κ3) is 5.27. The summed E-state index contributed by atoms with van der Waals surface area (Å²) in [5, 5.41) is 5.78. The number of amides is 2. The lowest BCUT2D eigenvalue weighted by Crippen LogP contribution is -2.44. The number of halogens is 2. The number of rotatable bonds is 5. The van der Waals surface area contributed by atoms with Crippen LogP contribution in [0.1, 0.15) is 12.0 Å². The number of carbonyl (C=O) groups excluding carboxylic acids is 2. The molecule has 7 heteroatoms. The monoisotopic (exact) mass is 329 g/mol. The fourth-order valence-corrected chi connectivity index (χ4v) is 2.37. The molecule has 0 saturated carbocycles. The van der Waals surface area contributed by atoms with Gasteiger partial charge in [-0.1, -0.05) is 12.1 Å². The maximum absolute atomic E-state index is 13.0. The van der Waals surface area contributed by atoms with Crippen molar-refractivity contribution < 1.29 is 14.0 Å². The van der Waals surface area contributed by atoms with Gasteiger partial charge in [-0.3, -0.25) is 9.59 Å². The van der Waals surface area contributed by atoms with Crippen molar-refractivity contribution in [2.45, 2.75) is 18.9 Å². The van der Waals surface area contributed by atoms with E-state index in [-0.39, 0.29) is 49.0 Å². The number of likely N-dealkylation sites (N-methyl/N-ethyl adjacent to an activating group) is 1. The molecule has 1 heterocycles. The number of hydrogen-bond acceptors (Lipinski definition) is 3. The molecule has 1 aromatic rings. The van der Waals surface area contributed by atoms with Crippen LogP contribution in [-0.4, -0.2) is 49.4 Å². The van der Waals surface area contributed by atoms with Crippen molar-refractivity contribution in [3.8, 4) is 0 Å². The minimum absolute atomic E-state index is 0. The van der Waals surface area contributed by atoms with Crippen LogP contribution in [0.25, 0.3) is 0 Å². The summed E-state index contributed by atoms with van der Waals surface area (Å²) < 4.78 is 13.0. The lowest BCUT2D eigenvalue weighted by molar-refractivity contribution is -0.133. The summed E-state index contributed by atoms with van der Waals surface area (Å²) in [4.78, 5) is 25.4. The van der Waals surface area contributed by atoms with Crippen LogP contribution in [-0.2, 0) is 16.0 Å². The summed E-state index contributed by atoms with van der Waals surface area (Å²) in [7, 11) is 1.75. The molecule has 0 aromatic heterocycles. The Bertz CT molecular complexity index is 521. The standard InChI is InChI=1S/C15H20FN3O2.ClH/c1-19(13-5-6-17-9-13)15(21)10-18-14(20)8-11-3-2-4-12(16)7-11;/h2-4,7,13,17H,5-6,8-10H2,1H3,(H,18,20);1H. The Labute approximate surface area is 135 Å². The van der Waals surface area contributed by atoms with Gasteiger partial charge in [-0.2, -0.15) is 0 Å². The molecule has 0 aliphatic carbocycles. The van der Waals surface area contributed by atoms with E-state index in [1.807, 2.05) is 0 Å². The SMILES string of the molecule is CN(C(=O)CNC(=O)Cc1cccc(F)c1)C1CCNC1.Cl. The van der Waals surface area contributed by atoms with E-state index in [2.05, 4.69) is 10.6 Å². The van der Waals surface area contributed by atoms with E-state index in [9.17, 15) is 14.0 Å². The molecule has 5 nitrogen and oxygen atoms in total. The summed E-state index contributed by atoms with van der Waals surface area (Å²) >= 11 is 0. The van der Waals surface area contributed by atoms with Crippen LogP contribution in [0.3, 0.4) is 0 Å². The Morgan fingerprint density at radius 3 is 2.86 bits per heavy atom. The molecule has 0 spiro atoms. The van der Waals surface area contributed by atoms with Crippen LogP contribution in [0.4, 0.5) is 4.39 Å². The lowest BCUT2D eigenvalue weighted by Gasteiger charge is -2.23. The van der Waals surface area contributed by atoms with Gasteiger partial charge in [0.15, 0.2) is 0 Å². The molecule has 0 radical (unpaired) electrons. The third-order valence-corrected chi connectivity index (χ3v) is 3.67. The Hall–Kier alpha value is -1.66. The van der Waals surface area contributed by atoms with Crippen molar-refractivity contribution in [3.05, 3.63) is 35.6 Å². The van der Waals surface area contributed by atoms with Gasteiger partial charge in [0.25, 0.3) is 0 Å². The first kappa shape index (κ1) is 18.4. The van der Waals surface area contributed by atoms with Gasteiger partial charge in [0.2, 0.25) is 11.8 Å². The quantitative estimate of drug-likeness (QED) is 0.837. The molecule has 1 aromatic carbocycles. The topological polar surface area (TPSA) is 61.4 Å². The van der Waals surface area contributed by atoms with Crippen LogP contribution < -0.4 is 10.6 Å². The largest absolute Gasteiger partial charge is 0.347 e. The number of carbonyl (C=O) groups is 2.